The van der Waals surface area contributed by atoms with Gasteiger partial charge in [0.15, 0.2) is 0 Å². The van der Waals surface area contributed by atoms with Crippen LogP contribution < -0.4 is 10.1 Å². The molecule has 5 heteroatoms. The number of aliphatic hydroxyl groups is 1. The molecule has 0 aliphatic rings. The summed E-state index contributed by atoms with van der Waals surface area (Å²) in [7, 11) is 0. The Morgan fingerprint density at radius 1 is 0.912 bits per heavy atom. The Labute approximate surface area is 203 Å². The lowest BCUT2D eigenvalue weighted by atomic mass is 9.86. The van der Waals surface area contributed by atoms with Crippen molar-refractivity contribution < 1.29 is 14.6 Å². The van der Waals surface area contributed by atoms with Gasteiger partial charge in [-0.15, -0.1) is 0 Å². The van der Waals surface area contributed by atoms with Crippen molar-refractivity contribution in [2.45, 2.75) is 58.7 Å². The molecule has 0 heterocycles. The third-order valence-electron chi connectivity index (χ3n) is 6.06. The number of hydrogen-bond acceptors (Lipinski definition) is 4. The van der Waals surface area contributed by atoms with E-state index in [1.807, 2.05) is 54.6 Å². The number of carbonyl (C=O) groups is 1. The Kier molecular flexibility index (Phi) is 9.25. The van der Waals surface area contributed by atoms with E-state index in [-0.39, 0.29) is 12.5 Å². The summed E-state index contributed by atoms with van der Waals surface area (Å²) in [5.74, 6) is 0.507. The third-order valence-corrected chi connectivity index (χ3v) is 6.06. The van der Waals surface area contributed by atoms with E-state index in [4.69, 9.17) is 4.74 Å². The first-order chi connectivity index (χ1) is 16.4. The molecule has 34 heavy (non-hydrogen) atoms. The SMILES string of the molecule is CC(C)N(CC[C@H](c1ccccc1)c1cc(CO)ccc1OC(=O)Nc1ccccc1)C(C)C. The van der Waals surface area contributed by atoms with Gasteiger partial charge in [0.25, 0.3) is 0 Å². The molecule has 180 valence electrons. The molecular weight excluding hydrogens is 424 g/mol. The highest BCUT2D eigenvalue weighted by Crippen LogP contribution is 2.36. The van der Waals surface area contributed by atoms with Gasteiger partial charge in [-0.3, -0.25) is 10.2 Å². The molecule has 1 amide bonds. The molecule has 0 spiro atoms. The van der Waals surface area contributed by atoms with Crippen LogP contribution in [-0.4, -0.2) is 34.7 Å². The fourth-order valence-electron chi connectivity index (χ4n) is 4.40. The molecule has 0 aliphatic heterocycles. The second-order valence-electron chi connectivity index (χ2n) is 9.09. The lowest BCUT2D eigenvalue weighted by molar-refractivity contribution is 0.170. The number of amides is 1. The van der Waals surface area contributed by atoms with Gasteiger partial charge < -0.3 is 9.84 Å². The van der Waals surface area contributed by atoms with E-state index in [0.29, 0.717) is 23.5 Å². The van der Waals surface area contributed by atoms with Gasteiger partial charge in [0.05, 0.1) is 6.61 Å². The number of nitrogens with zero attached hydrogens (tertiary/aromatic N) is 1. The predicted octanol–water partition coefficient (Wildman–Crippen LogP) is 6.43. The Morgan fingerprint density at radius 3 is 2.12 bits per heavy atom. The largest absolute Gasteiger partial charge is 0.417 e. The number of nitrogens with one attached hydrogen (secondary N) is 1. The molecule has 2 N–H and O–H groups in total. The van der Waals surface area contributed by atoms with Gasteiger partial charge in [-0.05, 0) is 76.1 Å². The van der Waals surface area contributed by atoms with Crippen LogP contribution in [0.15, 0.2) is 78.9 Å². The van der Waals surface area contributed by atoms with Crippen molar-refractivity contribution in [1.82, 2.24) is 4.90 Å². The summed E-state index contributed by atoms with van der Waals surface area (Å²) in [5.41, 5.74) is 3.51. The predicted molar refractivity (Wildman–Crippen MR) is 138 cm³/mol. The second-order valence-corrected chi connectivity index (χ2v) is 9.09. The molecule has 0 unspecified atom stereocenters. The van der Waals surface area contributed by atoms with E-state index in [2.05, 4.69) is 50.0 Å². The van der Waals surface area contributed by atoms with Crippen LogP contribution in [0.3, 0.4) is 0 Å². The maximum atomic E-state index is 12.7. The quantitative estimate of drug-likeness (QED) is 0.366. The van der Waals surface area contributed by atoms with Gasteiger partial charge >= 0.3 is 6.09 Å². The zero-order valence-electron chi connectivity index (χ0n) is 20.6. The number of hydrogen-bond donors (Lipinski definition) is 2. The van der Waals surface area contributed by atoms with Gasteiger partial charge in [-0.2, -0.15) is 0 Å². The molecule has 3 rings (SSSR count). The molecule has 3 aromatic rings. The van der Waals surface area contributed by atoms with Crippen LogP contribution in [0.1, 0.15) is 56.7 Å². The van der Waals surface area contributed by atoms with E-state index in [0.717, 1.165) is 29.7 Å². The fraction of sp³-hybridized carbons (Fsp3) is 0.345. The lowest BCUT2D eigenvalue weighted by Gasteiger charge is -2.32. The first-order valence-corrected chi connectivity index (χ1v) is 12.0. The maximum absolute atomic E-state index is 12.7. The van der Waals surface area contributed by atoms with Crippen LogP contribution in [0, 0.1) is 0 Å². The Balaban J connectivity index is 1.94. The molecular formula is C29H36N2O3. The van der Waals surface area contributed by atoms with Gasteiger partial charge in [-0.1, -0.05) is 54.6 Å². The summed E-state index contributed by atoms with van der Waals surface area (Å²) < 4.78 is 5.81. The van der Waals surface area contributed by atoms with Crippen molar-refractivity contribution in [2.24, 2.45) is 0 Å². The van der Waals surface area contributed by atoms with Crippen molar-refractivity contribution in [2.75, 3.05) is 11.9 Å². The van der Waals surface area contributed by atoms with Crippen molar-refractivity contribution >= 4 is 11.8 Å². The number of carbonyl (C=O) groups excluding carboxylic acids is 1. The van der Waals surface area contributed by atoms with Crippen LogP contribution in [0.5, 0.6) is 5.75 Å². The van der Waals surface area contributed by atoms with Gasteiger partial charge in [0.2, 0.25) is 0 Å². The number of aliphatic hydroxyl groups excluding tert-OH is 1. The van der Waals surface area contributed by atoms with Crippen molar-refractivity contribution in [3.05, 3.63) is 95.6 Å². The standard InChI is InChI=1S/C29H36N2O3/c1-21(2)31(22(3)4)18-17-26(24-11-7-5-8-12-24)27-19-23(20-32)15-16-28(27)34-29(33)30-25-13-9-6-10-14-25/h5-16,19,21-22,26,32H,17-18,20H2,1-4H3,(H,30,33)/t26-/m1/s1. The first-order valence-electron chi connectivity index (χ1n) is 12.0. The minimum atomic E-state index is -0.540. The Bertz CT molecular complexity index is 1030. The van der Waals surface area contributed by atoms with E-state index >= 15 is 0 Å². The number of ether oxygens (including phenoxy) is 1. The highest BCUT2D eigenvalue weighted by molar-refractivity contribution is 5.86. The summed E-state index contributed by atoms with van der Waals surface area (Å²) in [4.78, 5) is 15.2. The van der Waals surface area contributed by atoms with Gasteiger partial charge in [0, 0.05) is 29.3 Å². The minimum absolute atomic E-state index is 0.00669. The molecule has 0 saturated heterocycles. The zero-order valence-corrected chi connectivity index (χ0v) is 20.6. The van der Waals surface area contributed by atoms with Crippen LogP contribution in [0.25, 0.3) is 0 Å². The molecule has 0 saturated carbocycles. The Hall–Kier alpha value is -3.15. The fourth-order valence-corrected chi connectivity index (χ4v) is 4.40. The normalized spacial score (nSPS) is 12.2. The minimum Gasteiger partial charge on any atom is -0.410 e. The summed E-state index contributed by atoms with van der Waals surface area (Å²) in [6, 6.07) is 25.9. The molecule has 0 aliphatic carbocycles. The van der Waals surface area contributed by atoms with Crippen molar-refractivity contribution in [3.8, 4) is 5.75 Å². The lowest BCUT2D eigenvalue weighted by Crippen LogP contribution is -2.38. The number of benzene rings is 3. The molecule has 1 atom stereocenters. The van der Waals surface area contributed by atoms with Crippen LogP contribution in [0.2, 0.25) is 0 Å². The van der Waals surface area contributed by atoms with E-state index in [1.54, 1.807) is 12.1 Å². The summed E-state index contributed by atoms with van der Waals surface area (Å²) in [5, 5.41) is 12.6. The number of para-hydroxylation sites is 1. The van der Waals surface area contributed by atoms with E-state index in [1.165, 1.54) is 0 Å². The Morgan fingerprint density at radius 2 is 1.53 bits per heavy atom. The van der Waals surface area contributed by atoms with Crippen LogP contribution in [0.4, 0.5) is 10.5 Å². The monoisotopic (exact) mass is 460 g/mol. The summed E-state index contributed by atoms with van der Waals surface area (Å²) in [6.07, 6.45) is 0.313. The molecule has 0 bridgehead atoms. The van der Waals surface area contributed by atoms with Crippen molar-refractivity contribution in [1.29, 1.82) is 0 Å². The number of rotatable bonds is 10. The average Bonchev–Trinajstić information content (AvgIpc) is 2.83. The van der Waals surface area contributed by atoms with Gasteiger partial charge in [-0.25, -0.2) is 4.79 Å². The summed E-state index contributed by atoms with van der Waals surface area (Å²) >= 11 is 0. The zero-order chi connectivity index (χ0) is 24.5. The highest BCUT2D eigenvalue weighted by Gasteiger charge is 2.23. The topological polar surface area (TPSA) is 61.8 Å². The van der Waals surface area contributed by atoms with E-state index in [9.17, 15) is 9.90 Å². The molecule has 5 nitrogen and oxygen atoms in total. The molecule has 0 radical (unpaired) electrons. The molecule has 3 aromatic carbocycles. The molecule has 0 aromatic heterocycles. The average molecular weight is 461 g/mol. The van der Waals surface area contributed by atoms with Crippen LogP contribution in [-0.2, 0) is 6.61 Å². The maximum Gasteiger partial charge on any atom is 0.417 e. The summed E-state index contributed by atoms with van der Waals surface area (Å²) in [6.45, 7) is 9.68. The van der Waals surface area contributed by atoms with E-state index < -0.39 is 6.09 Å². The highest BCUT2D eigenvalue weighted by atomic mass is 16.6. The molecule has 0 fully saturated rings. The van der Waals surface area contributed by atoms with Gasteiger partial charge in [0.1, 0.15) is 5.75 Å². The third kappa shape index (κ3) is 6.92. The first kappa shape index (κ1) is 25.5. The number of anilines is 1. The van der Waals surface area contributed by atoms with Crippen molar-refractivity contribution in [3.63, 3.8) is 0 Å². The van der Waals surface area contributed by atoms with Crippen LogP contribution >= 0.6 is 0 Å². The second kappa shape index (κ2) is 12.4. The smallest absolute Gasteiger partial charge is 0.410 e.